The van der Waals surface area contributed by atoms with Crippen molar-refractivity contribution in [2.24, 2.45) is 23.8 Å². The molecule has 0 saturated heterocycles. The van der Waals surface area contributed by atoms with Crippen LogP contribution < -0.4 is 4.57 Å². The fraction of sp³-hybridized carbons (Fsp3) is 0.667. The molecule has 1 aromatic rings. The second-order valence-electron chi connectivity index (χ2n) is 8.71. The third-order valence-electron chi connectivity index (χ3n) is 7.02. The summed E-state index contributed by atoms with van der Waals surface area (Å²) < 4.78 is 35.1. The minimum Gasteiger partial charge on any atom is -0.747 e. The van der Waals surface area contributed by atoms with Crippen molar-refractivity contribution in [3.05, 3.63) is 30.1 Å². The van der Waals surface area contributed by atoms with E-state index >= 15 is 0 Å². The lowest BCUT2D eigenvalue weighted by atomic mass is 9.70. The van der Waals surface area contributed by atoms with E-state index in [0.29, 0.717) is 12.8 Å². The molecule has 1 amide bonds. The maximum Gasteiger partial charge on any atom is 0.259 e. The number of aryl methyl sites for hydroxylation is 1. The van der Waals surface area contributed by atoms with Crippen molar-refractivity contribution in [1.82, 2.24) is 4.90 Å². The van der Waals surface area contributed by atoms with E-state index in [1.807, 2.05) is 68.7 Å². The van der Waals surface area contributed by atoms with Crippen molar-refractivity contribution in [2.75, 3.05) is 13.1 Å². The number of aromatic nitrogens is 1. The van der Waals surface area contributed by atoms with Gasteiger partial charge in [-0.15, -0.1) is 0 Å². The van der Waals surface area contributed by atoms with Crippen molar-refractivity contribution in [1.29, 1.82) is 0 Å². The maximum atomic E-state index is 12.0. The molecule has 3 unspecified atom stereocenters. The zero-order chi connectivity index (χ0) is 22.2. The molecule has 162 valence electrons. The van der Waals surface area contributed by atoms with Gasteiger partial charge in [-0.1, -0.05) is 20.8 Å². The predicted octanol–water partition coefficient (Wildman–Crippen LogP) is 1.92. The van der Waals surface area contributed by atoms with Crippen molar-refractivity contribution in [3.63, 3.8) is 0 Å². The number of pyridine rings is 1. The maximum absolute atomic E-state index is 12.0. The highest BCUT2D eigenvalue weighted by molar-refractivity contribution is 7.87. The predicted molar refractivity (Wildman–Crippen MR) is 108 cm³/mol. The molecule has 8 heteroatoms. The van der Waals surface area contributed by atoms with Gasteiger partial charge in [-0.25, -0.2) is 13.0 Å². The van der Waals surface area contributed by atoms with E-state index < -0.39 is 20.8 Å². The summed E-state index contributed by atoms with van der Waals surface area (Å²) in [5.74, 6) is -0.553. The van der Waals surface area contributed by atoms with Crippen LogP contribution in [0.4, 0.5) is 0 Å². The van der Waals surface area contributed by atoms with Gasteiger partial charge in [0.15, 0.2) is 18.2 Å². The Morgan fingerprint density at radius 3 is 2.24 bits per heavy atom. The van der Waals surface area contributed by atoms with E-state index in [1.165, 1.54) is 0 Å². The number of nitrogens with zero attached hydrogens (tertiary/aromatic N) is 2. The molecule has 0 aliphatic heterocycles. The lowest BCUT2D eigenvalue weighted by molar-refractivity contribution is -0.671. The number of hydrogen-bond donors (Lipinski definition) is 0. The summed E-state index contributed by atoms with van der Waals surface area (Å²) in [6, 6.07) is 3.73. The molecule has 3 atom stereocenters. The van der Waals surface area contributed by atoms with Crippen LogP contribution in [0, 0.1) is 16.7 Å². The molecule has 1 heterocycles. The lowest BCUT2D eigenvalue weighted by Crippen LogP contribution is -2.38. The van der Waals surface area contributed by atoms with Gasteiger partial charge in [0.2, 0.25) is 0 Å². The Kier molecular flexibility index (Phi) is 6.59. The first kappa shape index (κ1) is 23.5. The van der Waals surface area contributed by atoms with Crippen LogP contribution in [0.15, 0.2) is 24.5 Å². The molecular weight excluding hydrogens is 392 g/mol. The van der Waals surface area contributed by atoms with Crippen LogP contribution in [0.3, 0.4) is 0 Å². The second-order valence-corrected chi connectivity index (χ2v) is 10.2. The van der Waals surface area contributed by atoms with Crippen LogP contribution in [-0.2, 0) is 22.0 Å². The van der Waals surface area contributed by atoms with Crippen LogP contribution >= 0.6 is 0 Å². The zero-order valence-electron chi connectivity index (χ0n) is 18.1. The Morgan fingerprint density at radius 2 is 1.86 bits per heavy atom. The number of amides is 1. The molecule has 2 bridgehead atoms. The summed E-state index contributed by atoms with van der Waals surface area (Å²) in [5, 5.41) is -1.30. The largest absolute Gasteiger partial charge is 0.747 e. The molecule has 2 aliphatic carbocycles. The molecule has 1 aromatic heterocycles. The van der Waals surface area contributed by atoms with E-state index in [4.69, 9.17) is 0 Å². The van der Waals surface area contributed by atoms with E-state index in [0.717, 1.165) is 18.7 Å². The highest BCUT2D eigenvalue weighted by Crippen LogP contribution is 2.64. The summed E-state index contributed by atoms with van der Waals surface area (Å²) in [5.41, 5.74) is -0.245. The smallest absolute Gasteiger partial charge is 0.259 e. The summed E-state index contributed by atoms with van der Waals surface area (Å²) in [7, 11) is -2.58. The van der Waals surface area contributed by atoms with E-state index in [2.05, 4.69) is 0 Å². The van der Waals surface area contributed by atoms with Gasteiger partial charge in [0.05, 0.1) is 0 Å². The average Bonchev–Trinajstić information content (AvgIpc) is 2.94. The average molecular weight is 425 g/mol. The molecule has 2 saturated carbocycles. The Hall–Kier alpha value is -1.80. The molecule has 2 aliphatic rings. The summed E-state index contributed by atoms with van der Waals surface area (Å²) in [6.07, 6.45) is 5.14. The summed E-state index contributed by atoms with van der Waals surface area (Å²) in [6.45, 7) is 11.1. The zero-order valence-corrected chi connectivity index (χ0v) is 19.0. The van der Waals surface area contributed by atoms with Crippen molar-refractivity contribution < 1.29 is 27.1 Å². The Balaban J connectivity index is 0.000000208. The third kappa shape index (κ3) is 4.10. The van der Waals surface area contributed by atoms with Crippen molar-refractivity contribution in [2.45, 2.75) is 52.7 Å². The molecule has 0 N–H and O–H groups in total. The number of rotatable bonds is 4. The Morgan fingerprint density at radius 1 is 1.28 bits per heavy atom. The molecule has 3 rings (SSSR count). The molecule has 0 radical (unpaired) electrons. The SMILES string of the molecule is CC12CCC(C(S(=O)(=O)[O-])C1=O)C2(C)C.CCN(CC)C(=O)c1ccc[n+](C)c1. The van der Waals surface area contributed by atoms with Crippen molar-refractivity contribution >= 4 is 21.8 Å². The number of fused-ring (bicyclic) bond motifs is 2. The molecule has 0 spiro atoms. The van der Waals surface area contributed by atoms with Crippen LogP contribution in [0.5, 0.6) is 0 Å². The van der Waals surface area contributed by atoms with Gasteiger partial charge in [0, 0.05) is 24.6 Å². The second kappa shape index (κ2) is 8.14. The fourth-order valence-corrected chi connectivity index (χ4v) is 6.14. The molecule has 0 aromatic carbocycles. The standard InChI is InChI=1S/C11H17N2O.C10H16O4S/c1-4-13(5-2)11(14)10-7-6-8-12(3)9-10;1-9(2)6-4-5-10(9,3)8(11)7(6)15(12,13)14/h6-9H,4-5H2,1-3H3;6-7H,4-5H2,1-3H3,(H,12,13,14)/q+1;/p-1. The van der Waals surface area contributed by atoms with Gasteiger partial charge >= 0.3 is 0 Å². The highest BCUT2D eigenvalue weighted by atomic mass is 32.2. The van der Waals surface area contributed by atoms with Crippen LogP contribution in [0.1, 0.15) is 57.8 Å². The topological polar surface area (TPSA) is 98.5 Å². The highest BCUT2D eigenvalue weighted by Gasteiger charge is 2.67. The molecule has 29 heavy (non-hydrogen) atoms. The van der Waals surface area contributed by atoms with E-state index in [1.54, 1.807) is 6.92 Å². The number of hydrogen-bond acceptors (Lipinski definition) is 5. The van der Waals surface area contributed by atoms with Gasteiger partial charge in [0.25, 0.3) is 5.91 Å². The number of carbonyl (C=O) groups excluding carboxylic acids is 2. The first-order chi connectivity index (χ1) is 13.3. The minimum atomic E-state index is -4.49. The Bertz CT molecular complexity index is 892. The number of ketones is 1. The number of carbonyl (C=O) groups is 2. The first-order valence-corrected chi connectivity index (χ1v) is 11.5. The normalized spacial score (nSPS) is 27.3. The van der Waals surface area contributed by atoms with Crippen molar-refractivity contribution in [3.8, 4) is 0 Å². The quantitative estimate of drug-likeness (QED) is 0.543. The fourth-order valence-electron chi connectivity index (χ4n) is 4.74. The Labute approximate surface area is 173 Å². The minimum absolute atomic E-state index is 0.103. The van der Waals surface area contributed by atoms with Gasteiger partial charge < -0.3 is 9.45 Å². The van der Waals surface area contributed by atoms with Gasteiger partial charge in [-0.3, -0.25) is 9.59 Å². The third-order valence-corrected chi connectivity index (χ3v) is 8.19. The first-order valence-electron chi connectivity index (χ1n) is 10.0. The summed E-state index contributed by atoms with van der Waals surface area (Å²) >= 11 is 0. The van der Waals surface area contributed by atoms with E-state index in [-0.39, 0.29) is 23.0 Å². The van der Waals surface area contributed by atoms with Gasteiger partial charge in [-0.05, 0) is 44.1 Å². The molecular formula is C21H32N2O5S. The monoisotopic (exact) mass is 424 g/mol. The van der Waals surface area contributed by atoms with Crippen LogP contribution in [0.2, 0.25) is 0 Å². The van der Waals surface area contributed by atoms with Crippen LogP contribution in [-0.4, -0.2) is 47.9 Å². The van der Waals surface area contributed by atoms with Gasteiger partial charge in [-0.2, -0.15) is 0 Å². The molecule has 7 nitrogen and oxygen atoms in total. The molecule has 2 fully saturated rings. The van der Waals surface area contributed by atoms with Crippen LogP contribution in [0.25, 0.3) is 0 Å². The number of Topliss-reactive ketones (excluding diaryl/α,β-unsaturated/α-hetero) is 1. The summed E-state index contributed by atoms with van der Waals surface area (Å²) in [4.78, 5) is 25.7. The van der Waals surface area contributed by atoms with Gasteiger partial charge in [0.1, 0.15) is 28.0 Å². The lowest BCUT2D eigenvalue weighted by Gasteiger charge is -2.32. The van der Waals surface area contributed by atoms with E-state index in [9.17, 15) is 22.6 Å².